The second kappa shape index (κ2) is 4.48. The van der Waals surface area contributed by atoms with Crippen LogP contribution in [0.1, 0.15) is 64.7 Å². The molecule has 0 heterocycles. The molecule has 2 saturated carbocycles. The number of rotatable bonds is 2. The van der Waals surface area contributed by atoms with Gasteiger partial charge < -0.3 is 0 Å². The van der Waals surface area contributed by atoms with Crippen LogP contribution in [0.25, 0.3) is 0 Å². The van der Waals surface area contributed by atoms with Gasteiger partial charge in [0, 0.05) is 0 Å². The summed E-state index contributed by atoms with van der Waals surface area (Å²) in [5.41, 5.74) is 0. The van der Waals surface area contributed by atoms with Gasteiger partial charge in [-0.1, -0.05) is 58.3 Å². The van der Waals surface area contributed by atoms with Gasteiger partial charge in [0.05, 0.1) is 0 Å². The first-order valence-electron chi connectivity index (χ1n) is 6.38. The van der Waals surface area contributed by atoms with Gasteiger partial charge in [-0.3, -0.25) is 0 Å². The maximum atomic E-state index is 2.34. The lowest BCUT2D eigenvalue weighted by atomic mass is 9.83. The predicted molar refractivity (Wildman–Crippen MR) is 57.7 cm³/mol. The van der Waals surface area contributed by atoms with Crippen molar-refractivity contribution in [1.82, 2.24) is 0 Å². The van der Waals surface area contributed by atoms with Gasteiger partial charge >= 0.3 is 0 Å². The van der Waals surface area contributed by atoms with Crippen LogP contribution in [0.2, 0.25) is 0 Å². The van der Waals surface area contributed by atoms with E-state index in [9.17, 15) is 0 Å². The van der Waals surface area contributed by atoms with Crippen LogP contribution in [-0.4, -0.2) is 0 Å². The summed E-state index contributed by atoms with van der Waals surface area (Å²) < 4.78 is 0. The lowest BCUT2D eigenvalue weighted by Gasteiger charge is -2.22. The van der Waals surface area contributed by atoms with Crippen molar-refractivity contribution in [1.29, 1.82) is 0 Å². The highest BCUT2D eigenvalue weighted by Gasteiger charge is 2.27. The Hall–Kier alpha value is 0. The van der Waals surface area contributed by atoms with Crippen LogP contribution >= 0.6 is 0 Å². The zero-order chi connectivity index (χ0) is 9.10. The Morgan fingerprint density at radius 3 is 1.92 bits per heavy atom. The van der Waals surface area contributed by atoms with Gasteiger partial charge in [-0.15, -0.1) is 0 Å². The Morgan fingerprint density at radius 2 is 1.38 bits per heavy atom. The second-order valence-corrected chi connectivity index (χ2v) is 5.35. The maximum absolute atomic E-state index is 2.34. The van der Waals surface area contributed by atoms with Crippen molar-refractivity contribution in [2.45, 2.75) is 64.7 Å². The zero-order valence-corrected chi connectivity index (χ0v) is 9.10. The molecule has 0 amide bonds. The molecule has 2 unspecified atom stereocenters. The van der Waals surface area contributed by atoms with Gasteiger partial charge in [-0.2, -0.15) is 0 Å². The molecular weight excluding hydrogens is 156 g/mol. The molecular formula is C13H24. The third-order valence-electron chi connectivity index (χ3n) is 4.31. The van der Waals surface area contributed by atoms with Crippen LogP contribution in [0, 0.1) is 17.8 Å². The Bertz CT molecular complexity index is 136. The highest BCUT2D eigenvalue weighted by molar-refractivity contribution is 4.80. The summed E-state index contributed by atoms with van der Waals surface area (Å²) in [6.07, 6.45) is 13.8. The number of hydrogen-bond acceptors (Lipinski definition) is 0. The molecule has 13 heavy (non-hydrogen) atoms. The number of fused-ring (bicyclic) bond motifs is 2. The summed E-state index contributed by atoms with van der Waals surface area (Å²) in [5, 5.41) is 0. The molecule has 0 nitrogen and oxygen atoms in total. The minimum Gasteiger partial charge on any atom is -0.0654 e. The van der Waals surface area contributed by atoms with Gasteiger partial charge in [0.2, 0.25) is 0 Å². The smallest absolute Gasteiger partial charge is 0.0411 e. The van der Waals surface area contributed by atoms with E-state index in [1.807, 2.05) is 0 Å². The summed E-state index contributed by atoms with van der Waals surface area (Å²) in [6.45, 7) is 2.34. The fourth-order valence-electron chi connectivity index (χ4n) is 3.49. The first-order valence-corrected chi connectivity index (χ1v) is 6.38. The van der Waals surface area contributed by atoms with E-state index in [0.29, 0.717) is 0 Å². The molecule has 0 heteroatoms. The van der Waals surface area contributed by atoms with Crippen LogP contribution in [0.3, 0.4) is 0 Å². The minimum atomic E-state index is 1.09. The predicted octanol–water partition coefficient (Wildman–Crippen LogP) is 4.39. The van der Waals surface area contributed by atoms with Gasteiger partial charge in [0.1, 0.15) is 0 Å². The largest absolute Gasteiger partial charge is 0.0654 e. The third kappa shape index (κ3) is 2.48. The minimum absolute atomic E-state index is 1.09. The average Bonchev–Trinajstić information content (AvgIpc) is 2.56. The molecule has 2 aliphatic carbocycles. The Kier molecular flexibility index (Phi) is 3.29. The van der Waals surface area contributed by atoms with Crippen molar-refractivity contribution < 1.29 is 0 Å². The summed E-state index contributed by atoms with van der Waals surface area (Å²) >= 11 is 0. The van der Waals surface area contributed by atoms with E-state index >= 15 is 0 Å². The van der Waals surface area contributed by atoms with Crippen LogP contribution < -0.4 is 0 Å². The van der Waals surface area contributed by atoms with Crippen molar-refractivity contribution in [3.05, 3.63) is 0 Å². The lowest BCUT2D eigenvalue weighted by molar-refractivity contribution is 0.298. The molecule has 0 spiro atoms. The summed E-state index contributed by atoms with van der Waals surface area (Å²) in [7, 11) is 0. The quantitative estimate of drug-likeness (QED) is 0.591. The summed E-state index contributed by atoms with van der Waals surface area (Å²) in [4.78, 5) is 0. The van der Waals surface area contributed by atoms with E-state index < -0.39 is 0 Å². The first-order chi connectivity index (χ1) is 6.38. The SMILES string of the molecule is CCCC1CCC2CCC(CC1)C2. The lowest BCUT2D eigenvalue weighted by Crippen LogP contribution is -2.09. The van der Waals surface area contributed by atoms with Crippen LogP contribution in [0.15, 0.2) is 0 Å². The fraction of sp³-hybridized carbons (Fsp3) is 1.00. The van der Waals surface area contributed by atoms with Crippen LogP contribution in [0.5, 0.6) is 0 Å². The second-order valence-electron chi connectivity index (χ2n) is 5.35. The van der Waals surface area contributed by atoms with Crippen molar-refractivity contribution >= 4 is 0 Å². The normalized spacial score (nSPS) is 39.9. The molecule has 2 bridgehead atoms. The Labute approximate surface area is 83.1 Å². The molecule has 76 valence electrons. The molecule has 2 aliphatic rings. The molecule has 0 N–H and O–H groups in total. The van der Waals surface area contributed by atoms with E-state index in [1.165, 1.54) is 12.8 Å². The van der Waals surface area contributed by atoms with E-state index in [1.54, 1.807) is 44.9 Å². The van der Waals surface area contributed by atoms with E-state index in [-0.39, 0.29) is 0 Å². The van der Waals surface area contributed by atoms with Crippen molar-refractivity contribution in [2.24, 2.45) is 17.8 Å². The summed E-state index contributed by atoms with van der Waals surface area (Å²) in [6, 6.07) is 0. The first kappa shape index (κ1) is 9.55. The molecule has 2 fully saturated rings. The van der Waals surface area contributed by atoms with Crippen LogP contribution in [0.4, 0.5) is 0 Å². The third-order valence-corrected chi connectivity index (χ3v) is 4.31. The van der Waals surface area contributed by atoms with E-state index in [4.69, 9.17) is 0 Å². The van der Waals surface area contributed by atoms with Crippen molar-refractivity contribution in [3.63, 3.8) is 0 Å². The summed E-state index contributed by atoms with van der Waals surface area (Å²) in [5.74, 6) is 3.35. The maximum Gasteiger partial charge on any atom is -0.0411 e. The fourth-order valence-corrected chi connectivity index (χ4v) is 3.49. The van der Waals surface area contributed by atoms with Gasteiger partial charge in [0.15, 0.2) is 0 Å². The molecule has 0 saturated heterocycles. The molecule has 2 atom stereocenters. The van der Waals surface area contributed by atoms with Crippen LogP contribution in [-0.2, 0) is 0 Å². The molecule has 0 aromatic heterocycles. The topological polar surface area (TPSA) is 0 Å². The zero-order valence-electron chi connectivity index (χ0n) is 9.10. The molecule has 2 rings (SSSR count). The van der Waals surface area contributed by atoms with Gasteiger partial charge in [-0.25, -0.2) is 0 Å². The number of hydrogen-bond donors (Lipinski definition) is 0. The van der Waals surface area contributed by atoms with E-state index in [0.717, 1.165) is 17.8 Å². The monoisotopic (exact) mass is 180 g/mol. The molecule has 0 aromatic rings. The highest BCUT2D eigenvalue weighted by atomic mass is 14.3. The van der Waals surface area contributed by atoms with Crippen molar-refractivity contribution in [2.75, 3.05) is 0 Å². The van der Waals surface area contributed by atoms with Gasteiger partial charge in [-0.05, 0) is 24.2 Å². The highest BCUT2D eigenvalue weighted by Crippen LogP contribution is 2.41. The Balaban J connectivity index is 1.84. The van der Waals surface area contributed by atoms with Gasteiger partial charge in [0.25, 0.3) is 0 Å². The average molecular weight is 180 g/mol. The molecule has 0 radical (unpaired) electrons. The van der Waals surface area contributed by atoms with Crippen molar-refractivity contribution in [3.8, 4) is 0 Å². The molecule has 0 aliphatic heterocycles. The molecule has 0 aromatic carbocycles. The Morgan fingerprint density at radius 1 is 0.846 bits per heavy atom. The standard InChI is InChI=1S/C13H24/c1-2-3-11-4-6-12-8-9-13(10-12)7-5-11/h11-13H,2-10H2,1H3. The van der Waals surface area contributed by atoms with E-state index in [2.05, 4.69) is 6.92 Å².